The molecule has 1 unspecified atom stereocenters. The van der Waals surface area contributed by atoms with Crippen LogP contribution < -0.4 is 5.32 Å². The van der Waals surface area contributed by atoms with E-state index in [2.05, 4.69) is 15.2 Å². The van der Waals surface area contributed by atoms with E-state index in [1.165, 1.54) is 0 Å². The summed E-state index contributed by atoms with van der Waals surface area (Å²) in [6.45, 7) is 4.25. The van der Waals surface area contributed by atoms with E-state index >= 15 is 0 Å². The third-order valence-electron chi connectivity index (χ3n) is 4.85. The third kappa shape index (κ3) is 2.65. The van der Waals surface area contributed by atoms with Crippen LogP contribution in [0.2, 0.25) is 0 Å². The van der Waals surface area contributed by atoms with Crippen LogP contribution in [0, 0.1) is 12.8 Å². The lowest BCUT2D eigenvalue weighted by Gasteiger charge is -2.42. The lowest BCUT2D eigenvalue weighted by molar-refractivity contribution is -0.132. The number of hydrogen-bond donors (Lipinski definition) is 1. The van der Waals surface area contributed by atoms with E-state index in [9.17, 15) is 9.59 Å². The van der Waals surface area contributed by atoms with Crippen molar-refractivity contribution in [1.29, 1.82) is 0 Å². The minimum absolute atomic E-state index is 0.0882. The smallest absolute Gasteiger partial charge is 0.229 e. The van der Waals surface area contributed by atoms with Crippen LogP contribution >= 0.6 is 0 Å². The molecule has 1 atom stereocenters. The SMILES string of the molecule is Cc1cn2cc(NC(=O)C3CC(=O)N(C4CN(C)C4)C3)ccc2n1. The van der Waals surface area contributed by atoms with Gasteiger partial charge in [0.05, 0.1) is 23.3 Å². The number of imidazole rings is 1. The molecule has 7 nitrogen and oxygen atoms in total. The Bertz CT molecular complexity index is 808. The lowest BCUT2D eigenvalue weighted by Crippen LogP contribution is -2.58. The Labute approximate surface area is 140 Å². The van der Waals surface area contributed by atoms with Crippen LogP contribution in [0.4, 0.5) is 5.69 Å². The van der Waals surface area contributed by atoms with Gasteiger partial charge in [-0.25, -0.2) is 4.98 Å². The number of nitrogens with one attached hydrogen (secondary N) is 1. The molecule has 126 valence electrons. The number of likely N-dealkylation sites (tertiary alicyclic amines) is 2. The molecule has 2 aromatic heterocycles. The fourth-order valence-corrected chi connectivity index (χ4v) is 3.56. The lowest BCUT2D eigenvalue weighted by atomic mass is 10.1. The Morgan fingerprint density at radius 3 is 2.79 bits per heavy atom. The molecule has 24 heavy (non-hydrogen) atoms. The molecule has 4 heterocycles. The molecule has 2 saturated heterocycles. The normalized spacial score (nSPS) is 22.2. The zero-order valence-corrected chi connectivity index (χ0v) is 13.9. The first-order chi connectivity index (χ1) is 11.5. The summed E-state index contributed by atoms with van der Waals surface area (Å²) in [5, 5.41) is 2.93. The van der Waals surface area contributed by atoms with E-state index in [1.54, 1.807) is 0 Å². The van der Waals surface area contributed by atoms with E-state index in [-0.39, 0.29) is 23.8 Å². The zero-order valence-electron chi connectivity index (χ0n) is 13.9. The van der Waals surface area contributed by atoms with Gasteiger partial charge in [-0.2, -0.15) is 0 Å². The van der Waals surface area contributed by atoms with Crippen molar-refractivity contribution in [3.8, 4) is 0 Å². The number of carbonyl (C=O) groups excluding carboxylic acids is 2. The average Bonchev–Trinajstić information content (AvgIpc) is 3.05. The number of hydrogen-bond acceptors (Lipinski definition) is 4. The first-order valence-electron chi connectivity index (χ1n) is 8.24. The highest BCUT2D eigenvalue weighted by molar-refractivity contribution is 5.97. The first kappa shape index (κ1) is 15.1. The summed E-state index contributed by atoms with van der Waals surface area (Å²) in [4.78, 5) is 33.1. The average molecular weight is 327 g/mol. The highest BCUT2D eigenvalue weighted by atomic mass is 16.2. The minimum atomic E-state index is -0.274. The maximum absolute atomic E-state index is 12.5. The number of carbonyl (C=O) groups is 2. The van der Waals surface area contributed by atoms with Crippen LogP contribution in [0.1, 0.15) is 12.1 Å². The predicted octanol–water partition coefficient (Wildman–Crippen LogP) is 0.744. The van der Waals surface area contributed by atoms with Crippen molar-refractivity contribution < 1.29 is 9.59 Å². The fraction of sp³-hybridized carbons (Fsp3) is 0.471. The highest BCUT2D eigenvalue weighted by Gasteiger charge is 2.41. The molecule has 1 N–H and O–H groups in total. The Kier molecular flexibility index (Phi) is 3.53. The van der Waals surface area contributed by atoms with E-state index in [0.717, 1.165) is 30.1 Å². The molecule has 0 aromatic carbocycles. The van der Waals surface area contributed by atoms with Crippen molar-refractivity contribution in [1.82, 2.24) is 19.2 Å². The Morgan fingerprint density at radius 1 is 1.25 bits per heavy atom. The summed E-state index contributed by atoms with van der Waals surface area (Å²) >= 11 is 0. The van der Waals surface area contributed by atoms with Gasteiger partial charge in [-0.05, 0) is 26.1 Å². The molecule has 0 bridgehead atoms. The molecule has 7 heteroatoms. The van der Waals surface area contributed by atoms with Gasteiger partial charge >= 0.3 is 0 Å². The van der Waals surface area contributed by atoms with E-state index in [4.69, 9.17) is 0 Å². The summed E-state index contributed by atoms with van der Waals surface area (Å²) in [7, 11) is 2.04. The fourth-order valence-electron chi connectivity index (χ4n) is 3.56. The molecule has 0 saturated carbocycles. The molecule has 0 aliphatic carbocycles. The zero-order chi connectivity index (χ0) is 16.8. The van der Waals surface area contributed by atoms with Gasteiger partial charge in [0.2, 0.25) is 11.8 Å². The quantitative estimate of drug-likeness (QED) is 0.903. The van der Waals surface area contributed by atoms with Gasteiger partial charge in [-0.1, -0.05) is 0 Å². The molecule has 0 radical (unpaired) electrons. The molecule has 2 aromatic rings. The number of aryl methyl sites for hydroxylation is 1. The predicted molar refractivity (Wildman–Crippen MR) is 89.7 cm³/mol. The Balaban J connectivity index is 1.42. The van der Waals surface area contributed by atoms with Crippen molar-refractivity contribution in [2.75, 3.05) is 32.0 Å². The standard InChI is InChI=1S/C17H21N5O2/c1-11-6-21-8-13(3-4-15(21)18-11)19-17(24)12-5-16(23)22(7-12)14-9-20(2)10-14/h3-4,6,8,12,14H,5,7,9-10H2,1-2H3,(H,19,24). The molecular formula is C17H21N5O2. The number of nitrogens with zero attached hydrogens (tertiary/aromatic N) is 4. The molecule has 2 aliphatic rings. The molecule has 2 amide bonds. The van der Waals surface area contributed by atoms with Crippen LogP contribution in [0.3, 0.4) is 0 Å². The Hall–Kier alpha value is -2.41. The highest BCUT2D eigenvalue weighted by Crippen LogP contribution is 2.25. The van der Waals surface area contributed by atoms with Crippen LogP contribution in [-0.2, 0) is 9.59 Å². The van der Waals surface area contributed by atoms with Gasteiger partial charge in [0.1, 0.15) is 5.65 Å². The second-order valence-corrected chi connectivity index (χ2v) is 6.88. The van der Waals surface area contributed by atoms with Gasteiger partial charge in [-0.3, -0.25) is 9.59 Å². The van der Waals surface area contributed by atoms with Crippen molar-refractivity contribution in [2.45, 2.75) is 19.4 Å². The van der Waals surface area contributed by atoms with Gasteiger partial charge in [0.15, 0.2) is 0 Å². The number of likely N-dealkylation sites (N-methyl/N-ethyl adjacent to an activating group) is 1. The maximum Gasteiger partial charge on any atom is 0.229 e. The number of aromatic nitrogens is 2. The summed E-state index contributed by atoms with van der Waals surface area (Å²) in [5.41, 5.74) is 2.50. The number of anilines is 1. The van der Waals surface area contributed by atoms with Crippen molar-refractivity contribution in [2.24, 2.45) is 5.92 Å². The van der Waals surface area contributed by atoms with Crippen molar-refractivity contribution >= 4 is 23.1 Å². The molecule has 2 aliphatic heterocycles. The van der Waals surface area contributed by atoms with Gasteiger partial charge in [0, 0.05) is 38.4 Å². The number of rotatable bonds is 3. The number of amides is 2. The van der Waals surface area contributed by atoms with Crippen molar-refractivity contribution in [3.05, 3.63) is 30.2 Å². The van der Waals surface area contributed by atoms with E-state index in [0.29, 0.717) is 13.0 Å². The maximum atomic E-state index is 12.5. The number of pyridine rings is 1. The molecule has 0 spiro atoms. The van der Waals surface area contributed by atoms with Crippen molar-refractivity contribution in [3.63, 3.8) is 0 Å². The number of fused-ring (bicyclic) bond motifs is 1. The monoisotopic (exact) mass is 327 g/mol. The van der Waals surface area contributed by atoms with Gasteiger partial charge in [0.25, 0.3) is 0 Å². The topological polar surface area (TPSA) is 70.0 Å². The van der Waals surface area contributed by atoms with Crippen LogP contribution in [0.5, 0.6) is 0 Å². The summed E-state index contributed by atoms with van der Waals surface area (Å²) in [5.74, 6) is -0.271. The van der Waals surface area contributed by atoms with Gasteiger partial charge in [-0.15, -0.1) is 0 Å². The van der Waals surface area contributed by atoms with Gasteiger partial charge < -0.3 is 19.5 Å². The summed E-state index contributed by atoms with van der Waals surface area (Å²) in [6, 6.07) is 3.99. The minimum Gasteiger partial charge on any atom is -0.336 e. The van der Waals surface area contributed by atoms with E-state index < -0.39 is 0 Å². The Morgan fingerprint density at radius 2 is 2.04 bits per heavy atom. The van der Waals surface area contributed by atoms with E-state index in [1.807, 2.05) is 47.8 Å². The summed E-state index contributed by atoms with van der Waals surface area (Å²) in [6.07, 6.45) is 4.07. The summed E-state index contributed by atoms with van der Waals surface area (Å²) < 4.78 is 1.89. The third-order valence-corrected chi connectivity index (χ3v) is 4.85. The van der Waals surface area contributed by atoms with Crippen LogP contribution in [-0.4, -0.2) is 63.7 Å². The largest absolute Gasteiger partial charge is 0.336 e. The second kappa shape index (κ2) is 5.59. The molecule has 2 fully saturated rings. The first-order valence-corrected chi connectivity index (χ1v) is 8.24. The molecule has 4 rings (SSSR count). The van der Waals surface area contributed by atoms with Crippen LogP contribution in [0.15, 0.2) is 24.5 Å². The molecular weight excluding hydrogens is 306 g/mol. The second-order valence-electron chi connectivity index (χ2n) is 6.88. The van der Waals surface area contributed by atoms with Crippen LogP contribution in [0.25, 0.3) is 5.65 Å².